The standard InChI is InChI=1S/C8H9ClN2O/c9-8(12)6-1-3-11-4-2-10-7(11)5-6/h2,4,6H,1,3,5H2. The third-order valence-corrected chi connectivity index (χ3v) is 2.58. The highest BCUT2D eigenvalue weighted by molar-refractivity contribution is 6.64. The summed E-state index contributed by atoms with van der Waals surface area (Å²) in [5, 5.41) is -0.232. The Hall–Kier alpha value is -0.830. The van der Waals surface area contributed by atoms with Gasteiger partial charge in [-0.1, -0.05) is 0 Å². The first-order valence-corrected chi connectivity index (χ1v) is 4.34. The number of fused-ring (bicyclic) bond motifs is 1. The third-order valence-electron chi connectivity index (χ3n) is 2.27. The van der Waals surface area contributed by atoms with Gasteiger partial charge >= 0.3 is 0 Å². The second-order valence-electron chi connectivity index (χ2n) is 3.03. The largest absolute Gasteiger partial charge is 0.335 e. The van der Waals surface area contributed by atoms with Crippen molar-refractivity contribution in [3.8, 4) is 0 Å². The van der Waals surface area contributed by atoms with Crippen molar-refractivity contribution in [2.24, 2.45) is 5.92 Å². The number of hydrogen-bond donors (Lipinski definition) is 0. The fraction of sp³-hybridized carbons (Fsp3) is 0.500. The Morgan fingerprint density at radius 2 is 2.58 bits per heavy atom. The Bertz CT molecular complexity index is 308. The molecule has 64 valence electrons. The molecule has 1 aliphatic rings. The van der Waals surface area contributed by atoms with Crippen molar-refractivity contribution in [2.45, 2.75) is 19.4 Å². The summed E-state index contributed by atoms with van der Waals surface area (Å²) in [4.78, 5) is 15.0. The van der Waals surface area contributed by atoms with Gasteiger partial charge < -0.3 is 4.57 Å². The first kappa shape index (κ1) is 7.80. The van der Waals surface area contributed by atoms with Gasteiger partial charge in [-0.2, -0.15) is 0 Å². The lowest BCUT2D eigenvalue weighted by Gasteiger charge is -2.19. The lowest BCUT2D eigenvalue weighted by Crippen LogP contribution is -2.23. The zero-order valence-corrected chi connectivity index (χ0v) is 7.29. The van der Waals surface area contributed by atoms with E-state index in [1.165, 1.54) is 0 Å². The van der Waals surface area contributed by atoms with Crippen LogP contribution in [0, 0.1) is 5.92 Å². The molecule has 4 heteroatoms. The molecule has 0 N–H and O–H groups in total. The summed E-state index contributed by atoms with van der Waals surface area (Å²) in [5.41, 5.74) is 0. The quantitative estimate of drug-likeness (QED) is 0.615. The lowest BCUT2D eigenvalue weighted by molar-refractivity contribution is -0.115. The number of halogens is 1. The topological polar surface area (TPSA) is 34.9 Å². The Morgan fingerprint density at radius 3 is 3.33 bits per heavy atom. The molecular formula is C8H9ClN2O. The molecule has 1 aromatic rings. The summed E-state index contributed by atoms with van der Waals surface area (Å²) in [7, 11) is 0. The minimum Gasteiger partial charge on any atom is -0.335 e. The zero-order chi connectivity index (χ0) is 8.55. The molecule has 0 fully saturated rings. The van der Waals surface area contributed by atoms with Gasteiger partial charge in [0.2, 0.25) is 5.24 Å². The van der Waals surface area contributed by atoms with Crippen molar-refractivity contribution in [1.29, 1.82) is 0 Å². The first-order valence-electron chi connectivity index (χ1n) is 3.97. The molecule has 0 aromatic carbocycles. The van der Waals surface area contributed by atoms with Crippen molar-refractivity contribution >= 4 is 16.8 Å². The Balaban J connectivity index is 2.20. The molecule has 0 radical (unpaired) electrons. The highest BCUT2D eigenvalue weighted by Crippen LogP contribution is 2.20. The number of imidazole rings is 1. The van der Waals surface area contributed by atoms with Gasteiger partial charge in [0, 0.05) is 31.3 Å². The molecule has 2 heterocycles. The number of aryl methyl sites for hydroxylation is 1. The summed E-state index contributed by atoms with van der Waals surface area (Å²) < 4.78 is 2.07. The minimum absolute atomic E-state index is 0.0263. The summed E-state index contributed by atoms with van der Waals surface area (Å²) in [5.74, 6) is 0.946. The number of rotatable bonds is 1. The molecule has 0 amide bonds. The van der Waals surface area contributed by atoms with E-state index in [0.717, 1.165) is 18.8 Å². The van der Waals surface area contributed by atoms with Gasteiger partial charge in [0.15, 0.2) is 0 Å². The number of aromatic nitrogens is 2. The van der Waals surface area contributed by atoms with Gasteiger partial charge in [0.25, 0.3) is 0 Å². The van der Waals surface area contributed by atoms with E-state index < -0.39 is 0 Å². The van der Waals surface area contributed by atoms with Crippen molar-refractivity contribution in [1.82, 2.24) is 9.55 Å². The summed E-state index contributed by atoms with van der Waals surface area (Å²) >= 11 is 5.41. The average Bonchev–Trinajstić information content (AvgIpc) is 2.49. The van der Waals surface area contributed by atoms with Gasteiger partial charge in [0.1, 0.15) is 5.82 Å². The van der Waals surface area contributed by atoms with E-state index in [0.29, 0.717) is 6.42 Å². The number of hydrogen-bond acceptors (Lipinski definition) is 2. The summed E-state index contributed by atoms with van der Waals surface area (Å²) in [6, 6.07) is 0. The molecule has 1 aliphatic heterocycles. The van der Waals surface area contributed by atoms with Crippen LogP contribution in [-0.4, -0.2) is 14.8 Å². The van der Waals surface area contributed by atoms with Crippen LogP contribution >= 0.6 is 11.6 Å². The van der Waals surface area contributed by atoms with Gasteiger partial charge in [-0.15, -0.1) is 0 Å². The highest BCUT2D eigenvalue weighted by Gasteiger charge is 2.23. The van der Waals surface area contributed by atoms with E-state index in [4.69, 9.17) is 11.6 Å². The molecule has 0 aliphatic carbocycles. The van der Waals surface area contributed by atoms with Crippen LogP contribution in [0.3, 0.4) is 0 Å². The van der Waals surface area contributed by atoms with Gasteiger partial charge in [-0.3, -0.25) is 4.79 Å². The number of nitrogens with zero attached hydrogens (tertiary/aromatic N) is 2. The molecule has 0 saturated carbocycles. The summed E-state index contributed by atoms with van der Waals surface area (Å²) in [6.07, 6.45) is 5.22. The third kappa shape index (κ3) is 1.25. The molecule has 1 aromatic heterocycles. The van der Waals surface area contributed by atoms with Crippen molar-refractivity contribution in [3.63, 3.8) is 0 Å². The molecule has 0 spiro atoms. The zero-order valence-electron chi connectivity index (χ0n) is 6.53. The molecule has 0 bridgehead atoms. The predicted octanol–water partition coefficient (Wildman–Crippen LogP) is 1.21. The smallest absolute Gasteiger partial charge is 0.225 e. The van der Waals surface area contributed by atoms with Crippen LogP contribution in [0.2, 0.25) is 0 Å². The normalized spacial score (nSPS) is 21.9. The first-order chi connectivity index (χ1) is 5.77. The summed E-state index contributed by atoms with van der Waals surface area (Å²) in [6.45, 7) is 0.860. The van der Waals surface area contributed by atoms with Crippen LogP contribution in [0.5, 0.6) is 0 Å². The molecule has 3 nitrogen and oxygen atoms in total. The molecule has 1 atom stereocenters. The van der Waals surface area contributed by atoms with E-state index in [1.807, 2.05) is 6.20 Å². The van der Waals surface area contributed by atoms with Crippen LogP contribution in [-0.2, 0) is 17.8 Å². The number of carbonyl (C=O) groups is 1. The average molecular weight is 185 g/mol. The fourth-order valence-corrected chi connectivity index (χ4v) is 1.73. The van der Waals surface area contributed by atoms with Crippen LogP contribution in [0.1, 0.15) is 12.2 Å². The van der Waals surface area contributed by atoms with Gasteiger partial charge in [0.05, 0.1) is 0 Å². The SMILES string of the molecule is O=C(Cl)C1CCn2ccnc2C1. The maximum absolute atomic E-state index is 10.9. The Morgan fingerprint density at radius 1 is 1.75 bits per heavy atom. The highest BCUT2D eigenvalue weighted by atomic mass is 35.5. The van der Waals surface area contributed by atoms with E-state index in [2.05, 4.69) is 9.55 Å². The molecular weight excluding hydrogens is 176 g/mol. The van der Waals surface area contributed by atoms with Crippen molar-refractivity contribution < 1.29 is 4.79 Å². The van der Waals surface area contributed by atoms with Crippen LogP contribution < -0.4 is 0 Å². The maximum atomic E-state index is 10.9. The second kappa shape index (κ2) is 2.90. The molecule has 12 heavy (non-hydrogen) atoms. The van der Waals surface area contributed by atoms with Gasteiger partial charge in [-0.05, 0) is 18.0 Å². The van der Waals surface area contributed by atoms with Crippen molar-refractivity contribution in [3.05, 3.63) is 18.2 Å². The van der Waals surface area contributed by atoms with Crippen LogP contribution in [0.15, 0.2) is 12.4 Å². The predicted molar refractivity (Wildman–Crippen MR) is 44.9 cm³/mol. The van der Waals surface area contributed by atoms with E-state index in [-0.39, 0.29) is 11.2 Å². The van der Waals surface area contributed by atoms with E-state index in [9.17, 15) is 4.79 Å². The van der Waals surface area contributed by atoms with Gasteiger partial charge in [-0.25, -0.2) is 4.98 Å². The molecule has 0 saturated heterocycles. The minimum atomic E-state index is -0.232. The Labute approximate surface area is 75.4 Å². The van der Waals surface area contributed by atoms with Crippen LogP contribution in [0.4, 0.5) is 0 Å². The van der Waals surface area contributed by atoms with E-state index >= 15 is 0 Å². The molecule has 1 unspecified atom stereocenters. The van der Waals surface area contributed by atoms with Crippen molar-refractivity contribution in [2.75, 3.05) is 0 Å². The molecule has 2 rings (SSSR count). The lowest BCUT2D eigenvalue weighted by atomic mass is 10.00. The monoisotopic (exact) mass is 184 g/mol. The number of carbonyl (C=O) groups excluding carboxylic acids is 1. The fourth-order valence-electron chi connectivity index (χ4n) is 1.54. The maximum Gasteiger partial charge on any atom is 0.225 e. The Kier molecular flexibility index (Phi) is 1.89. The van der Waals surface area contributed by atoms with Crippen LogP contribution in [0.25, 0.3) is 0 Å². The van der Waals surface area contributed by atoms with E-state index in [1.54, 1.807) is 6.20 Å². The second-order valence-corrected chi connectivity index (χ2v) is 3.40.